The van der Waals surface area contributed by atoms with Gasteiger partial charge >= 0.3 is 0 Å². The van der Waals surface area contributed by atoms with E-state index in [1.807, 2.05) is 30.6 Å². The molecule has 10 heteroatoms. The Hall–Kier alpha value is -0.880. The number of hydrogen-bond acceptors (Lipinski definition) is 6. The first kappa shape index (κ1) is 20.2. The zero-order valence-electron chi connectivity index (χ0n) is 13.5. The Morgan fingerprint density at radius 2 is 2.30 bits per heavy atom. The number of aromatic nitrogens is 4. The van der Waals surface area contributed by atoms with Crippen molar-refractivity contribution in [3.8, 4) is 0 Å². The Morgan fingerprint density at radius 3 is 2.91 bits per heavy atom. The normalized spacial score (nSPS) is 11.2. The summed E-state index contributed by atoms with van der Waals surface area (Å²) in [5.74, 6) is 2.82. The molecule has 0 unspecified atom stereocenters. The molecule has 2 aromatic rings. The van der Waals surface area contributed by atoms with E-state index in [1.165, 1.54) is 0 Å². The van der Waals surface area contributed by atoms with Crippen LogP contribution < -0.4 is 5.32 Å². The highest BCUT2D eigenvalue weighted by Gasteiger charge is 2.09. The summed E-state index contributed by atoms with van der Waals surface area (Å²) in [4.78, 5) is 14.8. The van der Waals surface area contributed by atoms with Crippen molar-refractivity contribution in [3.63, 3.8) is 0 Å². The van der Waals surface area contributed by atoms with Crippen molar-refractivity contribution in [2.45, 2.75) is 17.3 Å². The van der Waals surface area contributed by atoms with Crippen LogP contribution >= 0.6 is 47.1 Å². The summed E-state index contributed by atoms with van der Waals surface area (Å²) in [5.41, 5.74) is 0. The molecule has 0 aliphatic rings. The van der Waals surface area contributed by atoms with Crippen molar-refractivity contribution < 1.29 is 0 Å². The highest BCUT2D eigenvalue weighted by molar-refractivity contribution is 14.0. The first-order chi connectivity index (χ1) is 10.7. The lowest BCUT2D eigenvalue weighted by Gasteiger charge is -2.21. The van der Waals surface area contributed by atoms with E-state index in [4.69, 9.17) is 0 Å². The Morgan fingerprint density at radius 1 is 1.48 bits per heavy atom. The van der Waals surface area contributed by atoms with Crippen LogP contribution in [0.4, 0.5) is 0 Å². The van der Waals surface area contributed by atoms with Crippen LogP contribution in [0.1, 0.15) is 12.2 Å². The minimum atomic E-state index is 0. The summed E-state index contributed by atoms with van der Waals surface area (Å²) in [6.45, 7) is 1.55. The van der Waals surface area contributed by atoms with E-state index in [0.29, 0.717) is 6.54 Å². The second-order valence-electron chi connectivity index (χ2n) is 4.63. The van der Waals surface area contributed by atoms with Crippen LogP contribution in [-0.2, 0) is 13.6 Å². The number of nitrogens with one attached hydrogen (secondary N) is 1. The average Bonchev–Trinajstić information content (AvgIpc) is 3.15. The van der Waals surface area contributed by atoms with E-state index in [2.05, 4.69) is 25.4 Å². The fourth-order valence-corrected chi connectivity index (χ4v) is 3.50. The lowest BCUT2D eigenvalue weighted by Crippen LogP contribution is -2.39. The van der Waals surface area contributed by atoms with Crippen molar-refractivity contribution in [1.29, 1.82) is 0 Å². The Kier molecular flexibility index (Phi) is 9.48. The van der Waals surface area contributed by atoms with E-state index in [0.717, 1.165) is 34.8 Å². The van der Waals surface area contributed by atoms with E-state index >= 15 is 0 Å². The standard InChI is InChI=1S/C13H21N7S2.HI/c1-14-12(19(2)9-11-17-10-18-20(11)3)15-5-4-7-21-13-16-6-8-22-13;/h6,8,10H,4-5,7,9H2,1-3H3,(H,14,15);1H. The minimum absolute atomic E-state index is 0. The highest BCUT2D eigenvalue weighted by Crippen LogP contribution is 2.20. The maximum atomic E-state index is 4.30. The zero-order chi connectivity index (χ0) is 15.8. The number of aryl methyl sites for hydroxylation is 1. The summed E-state index contributed by atoms with van der Waals surface area (Å²) in [6.07, 6.45) is 4.46. The van der Waals surface area contributed by atoms with Gasteiger partial charge in [-0.25, -0.2) is 9.97 Å². The predicted octanol–water partition coefficient (Wildman–Crippen LogP) is 2.08. The topological polar surface area (TPSA) is 71.2 Å². The summed E-state index contributed by atoms with van der Waals surface area (Å²) < 4.78 is 2.90. The quantitative estimate of drug-likeness (QED) is 0.221. The largest absolute Gasteiger partial charge is 0.356 e. The second-order valence-corrected chi connectivity index (χ2v) is 6.87. The fourth-order valence-electron chi connectivity index (χ4n) is 1.85. The van der Waals surface area contributed by atoms with Gasteiger partial charge in [-0.05, 0) is 6.42 Å². The predicted molar refractivity (Wildman–Crippen MR) is 107 cm³/mol. The van der Waals surface area contributed by atoms with Crippen LogP contribution in [0.25, 0.3) is 0 Å². The number of nitrogens with zero attached hydrogens (tertiary/aromatic N) is 6. The maximum Gasteiger partial charge on any atom is 0.193 e. The van der Waals surface area contributed by atoms with E-state index in [-0.39, 0.29) is 24.0 Å². The number of thioether (sulfide) groups is 1. The first-order valence-corrected chi connectivity index (χ1v) is 8.84. The van der Waals surface area contributed by atoms with Crippen molar-refractivity contribution >= 4 is 53.0 Å². The third-order valence-corrected chi connectivity index (χ3v) is 5.05. The van der Waals surface area contributed by atoms with E-state index in [9.17, 15) is 0 Å². The SMILES string of the molecule is CN=C(NCCCSc1nccs1)N(C)Cc1ncnn1C.I. The van der Waals surface area contributed by atoms with Gasteiger partial charge in [-0.1, -0.05) is 11.8 Å². The molecule has 2 rings (SSSR count). The molecule has 0 fully saturated rings. The van der Waals surface area contributed by atoms with Gasteiger partial charge in [-0.3, -0.25) is 9.67 Å². The smallest absolute Gasteiger partial charge is 0.193 e. The second kappa shape index (κ2) is 10.8. The molecule has 2 heterocycles. The van der Waals surface area contributed by atoms with Gasteiger partial charge in [0, 0.05) is 45.0 Å². The van der Waals surface area contributed by atoms with Crippen LogP contribution in [-0.4, -0.2) is 57.0 Å². The van der Waals surface area contributed by atoms with Crippen molar-refractivity contribution in [3.05, 3.63) is 23.7 Å². The van der Waals surface area contributed by atoms with Crippen LogP contribution in [0.3, 0.4) is 0 Å². The molecule has 0 saturated carbocycles. The summed E-state index contributed by atoms with van der Waals surface area (Å²) in [5, 5.41) is 9.45. The summed E-state index contributed by atoms with van der Waals surface area (Å²) >= 11 is 3.48. The zero-order valence-corrected chi connectivity index (χ0v) is 17.4. The monoisotopic (exact) mass is 467 g/mol. The molecule has 0 bridgehead atoms. The van der Waals surface area contributed by atoms with Crippen molar-refractivity contribution in [1.82, 2.24) is 30.0 Å². The third-order valence-electron chi connectivity index (χ3n) is 3.00. The number of aliphatic imine (C=N–C) groups is 1. The molecule has 128 valence electrons. The highest BCUT2D eigenvalue weighted by atomic mass is 127. The first-order valence-electron chi connectivity index (χ1n) is 6.97. The van der Waals surface area contributed by atoms with Crippen LogP contribution in [0.15, 0.2) is 27.2 Å². The summed E-state index contributed by atoms with van der Waals surface area (Å²) in [7, 11) is 5.68. The molecule has 2 aromatic heterocycles. The molecular formula is C13H22IN7S2. The fraction of sp³-hybridized carbons (Fsp3) is 0.538. The van der Waals surface area contributed by atoms with Gasteiger partial charge in [-0.2, -0.15) is 5.10 Å². The number of hydrogen-bond donors (Lipinski definition) is 1. The number of halogens is 1. The van der Waals surface area contributed by atoms with Gasteiger partial charge in [0.15, 0.2) is 5.96 Å². The van der Waals surface area contributed by atoms with Gasteiger partial charge in [0.2, 0.25) is 0 Å². The average molecular weight is 467 g/mol. The Bertz CT molecular complexity index is 585. The van der Waals surface area contributed by atoms with Gasteiger partial charge < -0.3 is 10.2 Å². The molecule has 0 amide bonds. The Balaban J connectivity index is 0.00000264. The van der Waals surface area contributed by atoms with Crippen molar-refractivity contribution in [2.75, 3.05) is 26.4 Å². The number of guanidine groups is 1. The minimum Gasteiger partial charge on any atom is -0.356 e. The molecule has 0 saturated heterocycles. The van der Waals surface area contributed by atoms with Gasteiger partial charge in [0.05, 0.1) is 6.54 Å². The third kappa shape index (κ3) is 6.63. The molecule has 23 heavy (non-hydrogen) atoms. The van der Waals surface area contributed by atoms with Crippen LogP contribution in [0, 0.1) is 0 Å². The van der Waals surface area contributed by atoms with Crippen LogP contribution in [0.2, 0.25) is 0 Å². The van der Waals surface area contributed by atoms with Gasteiger partial charge in [-0.15, -0.1) is 35.3 Å². The number of rotatable bonds is 7. The molecule has 0 atom stereocenters. The lowest BCUT2D eigenvalue weighted by atomic mass is 10.4. The molecule has 0 spiro atoms. The molecule has 1 N–H and O–H groups in total. The van der Waals surface area contributed by atoms with Gasteiger partial charge in [0.25, 0.3) is 0 Å². The molecule has 0 aromatic carbocycles. The molecular weight excluding hydrogens is 445 g/mol. The van der Waals surface area contributed by atoms with Gasteiger partial charge in [0.1, 0.15) is 16.5 Å². The van der Waals surface area contributed by atoms with Crippen molar-refractivity contribution in [2.24, 2.45) is 12.0 Å². The lowest BCUT2D eigenvalue weighted by molar-refractivity contribution is 0.449. The molecule has 0 aliphatic carbocycles. The molecule has 0 aliphatic heterocycles. The maximum absolute atomic E-state index is 4.30. The Labute approximate surface area is 162 Å². The number of thiazole rings is 1. The molecule has 0 radical (unpaired) electrons. The molecule has 7 nitrogen and oxygen atoms in total. The van der Waals surface area contributed by atoms with Crippen LogP contribution in [0.5, 0.6) is 0 Å². The van der Waals surface area contributed by atoms with E-state index in [1.54, 1.807) is 41.2 Å². The summed E-state index contributed by atoms with van der Waals surface area (Å²) in [6, 6.07) is 0. The van der Waals surface area contributed by atoms with E-state index < -0.39 is 0 Å².